The molecular formula is C28H38O19. The molecule has 19 nitrogen and oxygen atoms in total. The molecular weight excluding hydrogens is 640 g/mol. The predicted molar refractivity (Wildman–Crippen MR) is 145 cm³/mol. The van der Waals surface area contributed by atoms with E-state index in [1.165, 1.54) is 0 Å². The highest BCUT2D eigenvalue weighted by atomic mass is 16.8. The molecule has 0 saturated carbocycles. The van der Waals surface area contributed by atoms with Crippen LogP contribution < -0.4 is 0 Å². The third kappa shape index (κ3) is 12.1. The monoisotopic (exact) mass is 678 g/mol. The summed E-state index contributed by atoms with van der Waals surface area (Å²) in [5.41, 5.74) is 0. The summed E-state index contributed by atoms with van der Waals surface area (Å²) in [5, 5.41) is 0. The highest BCUT2D eigenvalue weighted by Gasteiger charge is 2.58. The first kappa shape index (κ1) is 38.8. The lowest BCUT2D eigenvalue weighted by molar-refractivity contribution is -0.357. The number of hydrogen-bond acceptors (Lipinski definition) is 19. The van der Waals surface area contributed by atoms with Gasteiger partial charge >= 0.3 is 47.8 Å². The molecule has 0 N–H and O–H groups in total. The largest absolute Gasteiger partial charge is 0.463 e. The van der Waals surface area contributed by atoms with Crippen molar-refractivity contribution in [2.75, 3.05) is 13.2 Å². The van der Waals surface area contributed by atoms with E-state index in [0.717, 1.165) is 55.4 Å². The summed E-state index contributed by atoms with van der Waals surface area (Å²) in [6.45, 7) is 7.05. The summed E-state index contributed by atoms with van der Waals surface area (Å²) < 4.78 is 60.2. The number of carbonyl (C=O) groups is 8. The lowest BCUT2D eigenvalue weighted by Crippen LogP contribution is -2.67. The smallest absolute Gasteiger partial charge is 0.305 e. The highest BCUT2D eigenvalue weighted by Crippen LogP contribution is 2.35. The Bertz CT molecular complexity index is 1200. The van der Waals surface area contributed by atoms with Crippen LogP contribution in [0.1, 0.15) is 55.4 Å². The lowest BCUT2D eigenvalue weighted by atomic mass is 9.96. The van der Waals surface area contributed by atoms with Crippen LogP contribution >= 0.6 is 0 Å². The molecule has 0 radical (unpaired) electrons. The molecule has 0 aliphatic carbocycles. The number of ether oxygens (including phenoxy) is 11. The number of esters is 8. The second-order valence-electron chi connectivity index (χ2n) is 10.3. The Kier molecular flexibility index (Phi) is 14.5. The first-order valence-electron chi connectivity index (χ1n) is 14.2. The Morgan fingerprint density at radius 2 is 0.702 bits per heavy atom. The van der Waals surface area contributed by atoms with Gasteiger partial charge in [-0.25, -0.2) is 0 Å². The molecule has 4 unspecified atom stereocenters. The van der Waals surface area contributed by atoms with Gasteiger partial charge in [0.2, 0.25) is 12.4 Å². The van der Waals surface area contributed by atoms with Gasteiger partial charge in [0.1, 0.15) is 31.5 Å². The molecule has 0 spiro atoms. The van der Waals surface area contributed by atoms with Crippen LogP contribution in [0.2, 0.25) is 0 Å². The highest BCUT2D eigenvalue weighted by molar-refractivity contribution is 5.70. The fourth-order valence-corrected chi connectivity index (χ4v) is 4.73. The zero-order valence-corrected chi connectivity index (χ0v) is 26.9. The van der Waals surface area contributed by atoms with Crippen molar-refractivity contribution in [3.63, 3.8) is 0 Å². The molecule has 0 aromatic rings. The Morgan fingerprint density at radius 1 is 0.383 bits per heavy atom. The normalized spacial score (nSPS) is 30.0. The van der Waals surface area contributed by atoms with Crippen LogP contribution in [0.15, 0.2) is 0 Å². The quantitative estimate of drug-likeness (QED) is 0.181. The fraction of sp³-hybridized carbons (Fsp3) is 0.714. The van der Waals surface area contributed by atoms with Crippen molar-refractivity contribution >= 4 is 47.8 Å². The van der Waals surface area contributed by atoms with Gasteiger partial charge in [0.05, 0.1) is 0 Å². The Labute approximate surface area is 268 Å². The summed E-state index contributed by atoms with van der Waals surface area (Å²) in [4.78, 5) is 96.3. The van der Waals surface area contributed by atoms with Crippen LogP contribution in [0.25, 0.3) is 0 Å². The third-order valence-electron chi connectivity index (χ3n) is 6.17. The Hall–Kier alpha value is -4.36. The minimum atomic E-state index is -1.83. The van der Waals surface area contributed by atoms with Crippen LogP contribution in [0.3, 0.4) is 0 Å². The zero-order valence-electron chi connectivity index (χ0n) is 26.9. The molecule has 2 aliphatic rings. The van der Waals surface area contributed by atoms with Crippen molar-refractivity contribution in [1.82, 2.24) is 0 Å². The molecule has 2 rings (SSSR count). The summed E-state index contributed by atoms with van der Waals surface area (Å²) in [6, 6.07) is 0. The number of rotatable bonds is 12. The van der Waals surface area contributed by atoms with E-state index in [2.05, 4.69) is 0 Å². The van der Waals surface area contributed by atoms with E-state index in [1.54, 1.807) is 0 Å². The molecule has 10 atom stereocenters. The molecule has 2 fully saturated rings. The maximum Gasteiger partial charge on any atom is 0.305 e. The second kappa shape index (κ2) is 17.5. The van der Waals surface area contributed by atoms with Crippen molar-refractivity contribution in [2.45, 2.75) is 117 Å². The second-order valence-corrected chi connectivity index (χ2v) is 10.3. The molecule has 0 bridgehead atoms. The summed E-state index contributed by atoms with van der Waals surface area (Å²) in [5.74, 6) is -7.02. The van der Waals surface area contributed by atoms with Gasteiger partial charge in [0.25, 0.3) is 0 Å². The van der Waals surface area contributed by atoms with E-state index >= 15 is 0 Å². The summed E-state index contributed by atoms with van der Waals surface area (Å²) in [7, 11) is 0. The van der Waals surface area contributed by atoms with Gasteiger partial charge in [-0.15, -0.1) is 0 Å². The van der Waals surface area contributed by atoms with Gasteiger partial charge in [-0.1, -0.05) is 0 Å². The standard InChI is InChI=1S/C28H38O19/c1-11(29)37-9-19-21(39-13(3)31)23(40-14(4)32)26(43-17(7)35)28(46-19)47-22-20(10-38-12(2)30)45-27(44-18(8)36)25(42-16(6)34)24(22)41-15(5)33/h19-28H,9-10H2,1-8H3/t19?,20?,21-,22-,23+,24+,25?,26?,27-,28-/m1/s1. The first-order valence-corrected chi connectivity index (χ1v) is 14.2. The molecule has 0 aromatic carbocycles. The Balaban J connectivity index is 2.73. The van der Waals surface area contributed by atoms with Crippen molar-refractivity contribution < 1.29 is 90.5 Å². The van der Waals surface area contributed by atoms with Crippen LogP contribution in [0.4, 0.5) is 0 Å². The average Bonchev–Trinajstić information content (AvgIpc) is 2.91. The Morgan fingerprint density at radius 3 is 1.11 bits per heavy atom. The van der Waals surface area contributed by atoms with Crippen molar-refractivity contribution in [2.24, 2.45) is 0 Å². The van der Waals surface area contributed by atoms with E-state index in [4.69, 9.17) is 52.1 Å². The van der Waals surface area contributed by atoms with E-state index in [-0.39, 0.29) is 0 Å². The van der Waals surface area contributed by atoms with Crippen LogP contribution in [0.5, 0.6) is 0 Å². The van der Waals surface area contributed by atoms with Crippen LogP contribution in [0, 0.1) is 0 Å². The van der Waals surface area contributed by atoms with Gasteiger partial charge in [-0.3, -0.25) is 38.4 Å². The summed E-state index contributed by atoms with van der Waals surface area (Å²) in [6.07, 6.45) is -16.3. The van der Waals surface area contributed by atoms with Crippen LogP contribution in [-0.2, 0) is 90.5 Å². The van der Waals surface area contributed by atoms with E-state index in [9.17, 15) is 38.4 Å². The van der Waals surface area contributed by atoms with Gasteiger partial charge in [0.15, 0.2) is 30.7 Å². The predicted octanol–water partition coefficient (Wildman–Crippen LogP) is -0.831. The fourth-order valence-electron chi connectivity index (χ4n) is 4.73. The number of hydrogen-bond donors (Lipinski definition) is 0. The number of carbonyl (C=O) groups excluding carboxylic acids is 8. The SMILES string of the molecule is CC(=O)OCC1O[C@H](O[C@@H]2C(COC(C)=O)O[C@@H](OC(C)=O)C(OC(C)=O)[C@H]2OC(C)=O)C(OC(C)=O)[C@@H](OC(C)=O)[C@@H]1OC(C)=O. The minimum absolute atomic E-state index is 0.590. The topological polar surface area (TPSA) is 238 Å². The maximum atomic E-state index is 12.3. The first-order chi connectivity index (χ1) is 21.9. The molecule has 47 heavy (non-hydrogen) atoms. The molecule has 264 valence electrons. The van der Waals surface area contributed by atoms with Crippen molar-refractivity contribution in [1.29, 1.82) is 0 Å². The molecule has 2 aliphatic heterocycles. The molecule has 0 aromatic heterocycles. The average molecular weight is 679 g/mol. The molecule has 2 saturated heterocycles. The molecule has 19 heteroatoms. The third-order valence-corrected chi connectivity index (χ3v) is 6.17. The van der Waals surface area contributed by atoms with Gasteiger partial charge in [0, 0.05) is 55.4 Å². The van der Waals surface area contributed by atoms with Crippen molar-refractivity contribution in [3.05, 3.63) is 0 Å². The van der Waals surface area contributed by atoms with Gasteiger partial charge in [-0.05, 0) is 0 Å². The van der Waals surface area contributed by atoms with Crippen LogP contribution in [-0.4, -0.2) is 122 Å². The van der Waals surface area contributed by atoms with Crippen molar-refractivity contribution in [3.8, 4) is 0 Å². The van der Waals surface area contributed by atoms with Gasteiger partial charge < -0.3 is 52.1 Å². The molecule has 2 heterocycles. The van der Waals surface area contributed by atoms with E-state index in [0.29, 0.717) is 0 Å². The zero-order chi connectivity index (χ0) is 35.6. The van der Waals surface area contributed by atoms with Gasteiger partial charge in [-0.2, -0.15) is 0 Å². The maximum absolute atomic E-state index is 12.3. The molecule has 0 amide bonds. The summed E-state index contributed by atoms with van der Waals surface area (Å²) >= 11 is 0. The lowest BCUT2D eigenvalue weighted by Gasteiger charge is -2.48. The minimum Gasteiger partial charge on any atom is -0.463 e. The van der Waals surface area contributed by atoms with E-state index in [1.807, 2.05) is 0 Å². The van der Waals surface area contributed by atoms with E-state index < -0.39 is 122 Å².